The quantitative estimate of drug-likeness (QED) is 0.193. The first-order valence-corrected chi connectivity index (χ1v) is 9.32. The van der Waals surface area contributed by atoms with Gasteiger partial charge in [-0.1, -0.05) is 6.08 Å². The number of fused-ring (bicyclic) bond motifs is 1. The van der Waals surface area contributed by atoms with Gasteiger partial charge in [0, 0.05) is 5.92 Å². The van der Waals surface area contributed by atoms with E-state index in [0.29, 0.717) is 5.57 Å². The van der Waals surface area contributed by atoms with Crippen LogP contribution < -0.4 is 0 Å². The first-order valence-electron chi connectivity index (χ1n) is 9.32. The summed E-state index contributed by atoms with van der Waals surface area (Å²) in [6, 6.07) is 0. The van der Waals surface area contributed by atoms with Gasteiger partial charge in [0.05, 0.1) is 43.7 Å². The molecule has 11 nitrogen and oxygen atoms in total. The molecule has 0 aromatic carbocycles. The lowest BCUT2D eigenvalue weighted by atomic mass is 9.82. The SMILES string of the molecule is CCOC(=O)C1=COC(O[C@@H]2O[C@H](CO)[C@@H](O)[C@H](O)[C@H]2O)C2C(CO)=C[C@H](O)C12. The van der Waals surface area contributed by atoms with Gasteiger partial charge in [-0.2, -0.15) is 0 Å². The van der Waals surface area contributed by atoms with Crippen LogP contribution in [-0.2, 0) is 23.7 Å². The zero-order valence-corrected chi connectivity index (χ0v) is 15.7. The van der Waals surface area contributed by atoms with Gasteiger partial charge >= 0.3 is 5.97 Å². The van der Waals surface area contributed by atoms with Crippen molar-refractivity contribution in [2.75, 3.05) is 19.8 Å². The van der Waals surface area contributed by atoms with Crippen LogP contribution in [0.4, 0.5) is 0 Å². The van der Waals surface area contributed by atoms with Gasteiger partial charge in [0.1, 0.15) is 24.4 Å². The molecule has 0 spiro atoms. The maximum absolute atomic E-state index is 12.2. The Morgan fingerprint density at radius 3 is 2.41 bits per heavy atom. The lowest BCUT2D eigenvalue weighted by Gasteiger charge is -2.43. The van der Waals surface area contributed by atoms with Gasteiger partial charge in [-0.3, -0.25) is 0 Å². The topological polar surface area (TPSA) is 175 Å². The van der Waals surface area contributed by atoms with E-state index in [1.165, 1.54) is 6.08 Å². The Labute approximate surface area is 166 Å². The Bertz CT molecular complexity index is 660. The zero-order chi connectivity index (χ0) is 21.3. The van der Waals surface area contributed by atoms with Gasteiger partial charge in [-0.05, 0) is 12.5 Å². The number of hydrogen-bond donors (Lipinski definition) is 6. The van der Waals surface area contributed by atoms with Crippen LogP contribution >= 0.6 is 0 Å². The molecule has 0 bridgehead atoms. The second kappa shape index (κ2) is 9.06. The molecule has 11 heteroatoms. The number of aliphatic hydroxyl groups excluding tert-OH is 6. The van der Waals surface area contributed by atoms with E-state index in [9.17, 15) is 35.4 Å². The van der Waals surface area contributed by atoms with E-state index in [0.717, 1.165) is 6.26 Å². The second-order valence-corrected chi connectivity index (χ2v) is 7.07. The molecule has 2 heterocycles. The van der Waals surface area contributed by atoms with Crippen molar-refractivity contribution in [3.63, 3.8) is 0 Å². The molecule has 0 radical (unpaired) electrons. The molecule has 3 unspecified atom stereocenters. The van der Waals surface area contributed by atoms with E-state index in [4.69, 9.17) is 18.9 Å². The van der Waals surface area contributed by atoms with Gasteiger partial charge in [-0.15, -0.1) is 0 Å². The molecule has 29 heavy (non-hydrogen) atoms. The average Bonchev–Trinajstić information content (AvgIpc) is 3.05. The van der Waals surface area contributed by atoms with Crippen molar-refractivity contribution >= 4 is 5.97 Å². The highest BCUT2D eigenvalue weighted by Crippen LogP contribution is 2.44. The summed E-state index contributed by atoms with van der Waals surface area (Å²) in [5.74, 6) is -2.30. The summed E-state index contributed by atoms with van der Waals surface area (Å²) in [5.41, 5.74) is 0.421. The average molecular weight is 418 g/mol. The fourth-order valence-corrected chi connectivity index (χ4v) is 3.89. The Morgan fingerprint density at radius 1 is 1.07 bits per heavy atom. The monoisotopic (exact) mass is 418 g/mol. The highest BCUT2D eigenvalue weighted by molar-refractivity contribution is 5.89. The lowest BCUT2D eigenvalue weighted by molar-refractivity contribution is -0.340. The highest BCUT2D eigenvalue weighted by atomic mass is 16.8. The van der Waals surface area contributed by atoms with Crippen LogP contribution in [-0.4, -0.2) is 99.5 Å². The van der Waals surface area contributed by atoms with E-state index < -0.39 is 74.1 Å². The molecule has 6 N–H and O–H groups in total. The van der Waals surface area contributed by atoms with Crippen LogP contribution in [0.25, 0.3) is 0 Å². The molecule has 1 aliphatic carbocycles. The smallest absolute Gasteiger partial charge is 0.337 e. The number of carbonyl (C=O) groups is 1. The number of esters is 1. The third-order valence-corrected chi connectivity index (χ3v) is 5.36. The first-order chi connectivity index (χ1) is 13.8. The Hall–Kier alpha value is -1.57. The van der Waals surface area contributed by atoms with Crippen molar-refractivity contribution in [3.05, 3.63) is 23.5 Å². The van der Waals surface area contributed by atoms with Crippen molar-refractivity contribution in [2.45, 2.75) is 50.0 Å². The van der Waals surface area contributed by atoms with Crippen LogP contribution in [0.3, 0.4) is 0 Å². The summed E-state index contributed by atoms with van der Waals surface area (Å²) in [5, 5.41) is 59.4. The molecule has 0 aromatic heterocycles. The van der Waals surface area contributed by atoms with E-state index in [2.05, 4.69) is 0 Å². The fourth-order valence-electron chi connectivity index (χ4n) is 3.89. The summed E-state index contributed by atoms with van der Waals surface area (Å²) in [6.07, 6.45) is -7.33. The van der Waals surface area contributed by atoms with E-state index in [-0.39, 0.29) is 12.2 Å². The third kappa shape index (κ3) is 4.05. The summed E-state index contributed by atoms with van der Waals surface area (Å²) in [6.45, 7) is 0.684. The predicted molar refractivity (Wildman–Crippen MR) is 92.6 cm³/mol. The Kier molecular flexibility index (Phi) is 6.91. The minimum Gasteiger partial charge on any atom is -0.471 e. The van der Waals surface area contributed by atoms with Crippen molar-refractivity contribution in [1.82, 2.24) is 0 Å². The van der Waals surface area contributed by atoms with E-state index in [1.807, 2.05) is 0 Å². The predicted octanol–water partition coefficient (Wildman–Crippen LogP) is -2.87. The summed E-state index contributed by atoms with van der Waals surface area (Å²) < 4.78 is 21.4. The summed E-state index contributed by atoms with van der Waals surface area (Å²) >= 11 is 0. The molecule has 1 fully saturated rings. The standard InChI is InChI=1S/C18H26O11/c1-2-26-16(25)8-6-27-17(11-7(4-19)3-9(21)12(8)11)29-18-15(24)14(23)13(22)10(5-20)28-18/h3,6,9-15,17-24H,2,4-5H2,1H3/t9-,10+,11?,12?,13+,14-,15+,17?,18-/m0/s1. The molecule has 2 aliphatic heterocycles. The summed E-state index contributed by atoms with van der Waals surface area (Å²) in [7, 11) is 0. The molecule has 0 amide bonds. The Balaban J connectivity index is 1.84. The minimum atomic E-state index is -1.65. The van der Waals surface area contributed by atoms with Crippen LogP contribution in [0.15, 0.2) is 23.5 Å². The van der Waals surface area contributed by atoms with Gasteiger partial charge < -0.3 is 49.6 Å². The van der Waals surface area contributed by atoms with Gasteiger partial charge in [-0.25, -0.2) is 4.79 Å². The van der Waals surface area contributed by atoms with Crippen molar-refractivity contribution < 1.29 is 54.4 Å². The van der Waals surface area contributed by atoms with Crippen molar-refractivity contribution in [2.24, 2.45) is 11.8 Å². The molecule has 1 saturated heterocycles. The third-order valence-electron chi connectivity index (χ3n) is 5.36. The van der Waals surface area contributed by atoms with Crippen molar-refractivity contribution in [3.8, 4) is 0 Å². The molecule has 0 aromatic rings. The normalized spacial score (nSPS) is 41.8. The molecule has 0 saturated carbocycles. The molecule has 3 rings (SSSR count). The van der Waals surface area contributed by atoms with Gasteiger partial charge in [0.2, 0.25) is 6.29 Å². The molecule has 9 atom stereocenters. The highest BCUT2D eigenvalue weighted by Gasteiger charge is 2.52. The van der Waals surface area contributed by atoms with E-state index in [1.54, 1.807) is 6.92 Å². The maximum atomic E-state index is 12.2. The zero-order valence-electron chi connectivity index (χ0n) is 15.7. The molecular weight excluding hydrogens is 392 g/mol. The van der Waals surface area contributed by atoms with Crippen LogP contribution in [0.5, 0.6) is 0 Å². The molecular formula is C18H26O11. The van der Waals surface area contributed by atoms with E-state index >= 15 is 0 Å². The minimum absolute atomic E-state index is 0.0673. The fraction of sp³-hybridized carbons (Fsp3) is 0.722. The molecule has 3 aliphatic rings. The first kappa shape index (κ1) is 22.1. The second-order valence-electron chi connectivity index (χ2n) is 7.07. The number of rotatable bonds is 6. The number of carbonyl (C=O) groups excluding carboxylic acids is 1. The Morgan fingerprint density at radius 2 is 1.79 bits per heavy atom. The van der Waals surface area contributed by atoms with Crippen LogP contribution in [0.2, 0.25) is 0 Å². The summed E-state index contributed by atoms with van der Waals surface area (Å²) in [4.78, 5) is 12.2. The van der Waals surface area contributed by atoms with Crippen LogP contribution in [0.1, 0.15) is 6.92 Å². The lowest BCUT2D eigenvalue weighted by Crippen LogP contribution is -2.60. The van der Waals surface area contributed by atoms with Gasteiger partial charge in [0.15, 0.2) is 6.29 Å². The maximum Gasteiger partial charge on any atom is 0.337 e. The molecule has 164 valence electrons. The number of ether oxygens (including phenoxy) is 4. The largest absolute Gasteiger partial charge is 0.471 e. The van der Waals surface area contributed by atoms with Gasteiger partial charge in [0.25, 0.3) is 0 Å². The van der Waals surface area contributed by atoms with Crippen LogP contribution in [0, 0.1) is 11.8 Å². The number of hydrogen-bond acceptors (Lipinski definition) is 11. The van der Waals surface area contributed by atoms with Crippen molar-refractivity contribution in [1.29, 1.82) is 0 Å². The number of aliphatic hydroxyl groups is 6.